The van der Waals surface area contributed by atoms with Crippen molar-refractivity contribution in [3.8, 4) is 0 Å². The van der Waals surface area contributed by atoms with E-state index >= 15 is 0 Å². The molecule has 3 atom stereocenters. The number of aromatic nitrogens is 2. The molecule has 2 bridgehead atoms. The number of rotatable bonds is 2. The topological polar surface area (TPSA) is 33.1 Å². The fourth-order valence-electron chi connectivity index (χ4n) is 4.64. The van der Waals surface area contributed by atoms with Crippen LogP contribution < -0.4 is 5.32 Å². The van der Waals surface area contributed by atoms with E-state index in [1.165, 1.54) is 50.6 Å². The molecule has 4 rings (SSSR count). The number of fused-ring (bicyclic) bond motifs is 2. The van der Waals surface area contributed by atoms with Crippen LogP contribution in [0.2, 0.25) is 0 Å². The molecule has 2 unspecified atom stereocenters. The van der Waals surface area contributed by atoms with Crippen molar-refractivity contribution in [2.24, 2.45) is 0 Å². The minimum atomic E-state index is 0.539. The van der Waals surface area contributed by atoms with E-state index in [4.69, 9.17) is 0 Å². The summed E-state index contributed by atoms with van der Waals surface area (Å²) in [6, 6.07) is 2.79. The van der Waals surface area contributed by atoms with Crippen LogP contribution in [0.4, 0.5) is 0 Å². The van der Waals surface area contributed by atoms with Gasteiger partial charge in [0.1, 0.15) is 0 Å². The Morgan fingerprint density at radius 3 is 2.60 bits per heavy atom. The third kappa shape index (κ3) is 2.09. The number of hydrogen-bond donors (Lipinski definition) is 1. The highest BCUT2D eigenvalue weighted by Crippen LogP contribution is 2.39. The van der Waals surface area contributed by atoms with Crippen LogP contribution in [-0.4, -0.2) is 40.1 Å². The van der Waals surface area contributed by atoms with Crippen LogP contribution in [0.25, 0.3) is 0 Å². The summed E-state index contributed by atoms with van der Waals surface area (Å²) in [7, 11) is 2.33. The molecular formula is C16H26N4. The molecule has 3 saturated heterocycles. The zero-order chi connectivity index (χ0) is 13.5. The molecule has 0 aliphatic carbocycles. The maximum atomic E-state index is 4.46. The Morgan fingerprint density at radius 1 is 1.10 bits per heavy atom. The summed E-state index contributed by atoms with van der Waals surface area (Å²) in [5.41, 5.74) is 1.43. The molecule has 4 nitrogen and oxygen atoms in total. The lowest BCUT2D eigenvalue weighted by Crippen LogP contribution is -2.50. The van der Waals surface area contributed by atoms with Gasteiger partial charge in [-0.2, -0.15) is 0 Å². The first-order chi connectivity index (χ1) is 9.83. The minimum Gasteiger partial charge on any atom is -0.330 e. The van der Waals surface area contributed by atoms with Gasteiger partial charge in [0.05, 0.1) is 12.0 Å². The van der Waals surface area contributed by atoms with Gasteiger partial charge in [0.25, 0.3) is 0 Å². The molecule has 0 aromatic carbocycles. The first-order valence-electron chi connectivity index (χ1n) is 8.30. The van der Waals surface area contributed by atoms with E-state index in [1.807, 2.05) is 0 Å². The van der Waals surface area contributed by atoms with Crippen LogP contribution in [0.3, 0.4) is 0 Å². The SMILES string of the molecule is CN1C2CCCC1CC(n1cncc1[C@@H]1CCCN1)C2. The smallest absolute Gasteiger partial charge is 0.0951 e. The van der Waals surface area contributed by atoms with Crippen molar-refractivity contribution in [2.45, 2.75) is 69.1 Å². The molecule has 20 heavy (non-hydrogen) atoms. The Balaban J connectivity index is 1.57. The molecular weight excluding hydrogens is 248 g/mol. The molecule has 3 aliphatic rings. The molecule has 4 heterocycles. The molecule has 4 heteroatoms. The van der Waals surface area contributed by atoms with Crippen LogP contribution >= 0.6 is 0 Å². The quantitative estimate of drug-likeness (QED) is 0.899. The van der Waals surface area contributed by atoms with Gasteiger partial charge >= 0.3 is 0 Å². The van der Waals surface area contributed by atoms with Crippen molar-refractivity contribution in [2.75, 3.05) is 13.6 Å². The molecule has 0 amide bonds. The second-order valence-corrected chi connectivity index (χ2v) is 6.90. The van der Waals surface area contributed by atoms with Crippen molar-refractivity contribution in [1.82, 2.24) is 19.8 Å². The van der Waals surface area contributed by atoms with Crippen LogP contribution in [0, 0.1) is 0 Å². The van der Waals surface area contributed by atoms with E-state index in [1.54, 1.807) is 0 Å². The summed E-state index contributed by atoms with van der Waals surface area (Å²) < 4.78 is 2.50. The third-order valence-corrected chi connectivity index (χ3v) is 5.82. The van der Waals surface area contributed by atoms with E-state index in [-0.39, 0.29) is 0 Å². The average molecular weight is 274 g/mol. The molecule has 1 N–H and O–H groups in total. The third-order valence-electron chi connectivity index (χ3n) is 5.82. The fraction of sp³-hybridized carbons (Fsp3) is 0.812. The molecule has 110 valence electrons. The van der Waals surface area contributed by atoms with Gasteiger partial charge in [-0.1, -0.05) is 6.42 Å². The van der Waals surface area contributed by atoms with E-state index < -0.39 is 0 Å². The number of piperidine rings is 2. The van der Waals surface area contributed by atoms with Crippen LogP contribution in [0.1, 0.15) is 62.7 Å². The largest absolute Gasteiger partial charge is 0.330 e. The molecule has 0 radical (unpaired) electrons. The second kappa shape index (κ2) is 5.15. The van der Waals surface area contributed by atoms with Gasteiger partial charge in [-0.3, -0.25) is 0 Å². The van der Waals surface area contributed by atoms with Gasteiger partial charge < -0.3 is 14.8 Å². The van der Waals surface area contributed by atoms with Crippen molar-refractivity contribution >= 4 is 0 Å². The lowest BCUT2D eigenvalue weighted by Gasteiger charge is -2.47. The highest BCUT2D eigenvalue weighted by atomic mass is 15.2. The van der Waals surface area contributed by atoms with Crippen molar-refractivity contribution in [3.05, 3.63) is 18.2 Å². The van der Waals surface area contributed by atoms with Gasteiger partial charge in [0, 0.05) is 30.4 Å². The number of imidazole rings is 1. The normalized spacial score (nSPS) is 38.2. The van der Waals surface area contributed by atoms with E-state index in [0.29, 0.717) is 12.1 Å². The first kappa shape index (κ1) is 12.8. The fourth-order valence-corrected chi connectivity index (χ4v) is 4.64. The lowest BCUT2D eigenvalue weighted by atomic mass is 9.82. The van der Waals surface area contributed by atoms with Gasteiger partial charge in [-0.05, 0) is 52.1 Å². The van der Waals surface area contributed by atoms with Crippen molar-refractivity contribution in [3.63, 3.8) is 0 Å². The second-order valence-electron chi connectivity index (χ2n) is 6.90. The summed E-state index contributed by atoms with van der Waals surface area (Å²) >= 11 is 0. The predicted molar refractivity (Wildman–Crippen MR) is 79.7 cm³/mol. The highest BCUT2D eigenvalue weighted by molar-refractivity contribution is 5.10. The van der Waals surface area contributed by atoms with Crippen LogP contribution in [0.15, 0.2) is 12.5 Å². The lowest BCUT2D eigenvalue weighted by molar-refractivity contribution is 0.0390. The molecule has 3 aliphatic heterocycles. The standard InChI is InChI=1S/C16H26N4/c1-19-12-4-2-5-13(19)9-14(8-12)20-11-17-10-16(20)15-6-3-7-18-15/h10-15,18H,2-9H2,1H3/t12?,13?,14?,15-/m0/s1. The van der Waals surface area contributed by atoms with Gasteiger partial charge in [0.2, 0.25) is 0 Å². The van der Waals surface area contributed by atoms with Gasteiger partial charge in [-0.15, -0.1) is 0 Å². The maximum Gasteiger partial charge on any atom is 0.0951 e. The summed E-state index contributed by atoms with van der Waals surface area (Å²) in [5.74, 6) is 0. The first-order valence-corrected chi connectivity index (χ1v) is 8.30. The Morgan fingerprint density at radius 2 is 1.90 bits per heavy atom. The minimum absolute atomic E-state index is 0.539. The maximum absolute atomic E-state index is 4.46. The zero-order valence-electron chi connectivity index (χ0n) is 12.5. The Bertz CT molecular complexity index is 449. The number of hydrogen-bond acceptors (Lipinski definition) is 3. The summed E-state index contributed by atoms with van der Waals surface area (Å²) in [6.45, 7) is 1.16. The Kier molecular flexibility index (Phi) is 3.31. The predicted octanol–water partition coefficient (Wildman–Crippen LogP) is 2.50. The van der Waals surface area contributed by atoms with E-state index in [9.17, 15) is 0 Å². The van der Waals surface area contributed by atoms with Crippen molar-refractivity contribution in [1.29, 1.82) is 0 Å². The average Bonchev–Trinajstić information content (AvgIpc) is 3.09. The van der Waals surface area contributed by atoms with Gasteiger partial charge in [-0.25, -0.2) is 4.98 Å². The molecule has 1 aromatic rings. The zero-order valence-corrected chi connectivity index (χ0v) is 12.5. The number of nitrogens with one attached hydrogen (secondary N) is 1. The molecule has 3 fully saturated rings. The van der Waals surface area contributed by atoms with Crippen molar-refractivity contribution < 1.29 is 0 Å². The molecule has 1 aromatic heterocycles. The highest BCUT2D eigenvalue weighted by Gasteiger charge is 2.37. The van der Waals surface area contributed by atoms with E-state index in [2.05, 4.69) is 39.3 Å². The number of nitrogens with zero attached hydrogens (tertiary/aromatic N) is 3. The van der Waals surface area contributed by atoms with Crippen LogP contribution in [-0.2, 0) is 0 Å². The Labute approximate surface area is 121 Å². The monoisotopic (exact) mass is 274 g/mol. The Hall–Kier alpha value is -0.870. The summed E-state index contributed by atoms with van der Waals surface area (Å²) in [6.07, 6.45) is 13.6. The van der Waals surface area contributed by atoms with E-state index in [0.717, 1.165) is 18.6 Å². The molecule has 0 saturated carbocycles. The summed E-state index contributed by atoms with van der Waals surface area (Å²) in [5, 5.41) is 3.63. The van der Waals surface area contributed by atoms with Gasteiger partial charge in [0.15, 0.2) is 0 Å². The summed E-state index contributed by atoms with van der Waals surface area (Å²) in [4.78, 5) is 7.11. The molecule has 0 spiro atoms. The van der Waals surface area contributed by atoms with Crippen LogP contribution in [0.5, 0.6) is 0 Å².